The zero-order chi connectivity index (χ0) is 20.4. The third kappa shape index (κ3) is 4.01. The Bertz CT molecular complexity index is 992. The third-order valence-electron chi connectivity index (χ3n) is 5.45. The Hall–Kier alpha value is -2.03. The second-order valence-corrected chi connectivity index (χ2v) is 10.2. The van der Waals surface area contributed by atoms with E-state index < -0.39 is 16.1 Å². The monoisotopic (exact) mass is 432 g/mol. The summed E-state index contributed by atoms with van der Waals surface area (Å²) in [4.78, 5) is 14.4. The molecule has 4 rings (SSSR count). The number of methoxy groups -OCH3 is 1. The van der Waals surface area contributed by atoms with Crippen molar-refractivity contribution in [2.45, 2.75) is 41.1 Å². The van der Waals surface area contributed by atoms with Gasteiger partial charge in [0, 0.05) is 17.2 Å². The van der Waals surface area contributed by atoms with Crippen LogP contribution in [0.15, 0.2) is 58.3 Å². The van der Waals surface area contributed by atoms with Crippen molar-refractivity contribution >= 4 is 27.7 Å². The lowest BCUT2D eigenvalue weighted by atomic mass is 10.0. The Morgan fingerprint density at radius 3 is 2.66 bits per heavy atom. The van der Waals surface area contributed by atoms with Crippen molar-refractivity contribution in [2.75, 3.05) is 19.4 Å². The number of hydrogen-bond acceptors (Lipinski definition) is 5. The van der Waals surface area contributed by atoms with Crippen LogP contribution in [0.1, 0.15) is 30.9 Å². The molecule has 2 heterocycles. The van der Waals surface area contributed by atoms with Crippen LogP contribution < -0.4 is 10.1 Å². The number of amides is 1. The van der Waals surface area contributed by atoms with E-state index >= 15 is 0 Å². The first-order chi connectivity index (χ1) is 14.0. The lowest BCUT2D eigenvalue weighted by Crippen LogP contribution is -2.47. The Labute approximate surface area is 175 Å². The van der Waals surface area contributed by atoms with Gasteiger partial charge in [0.25, 0.3) is 0 Å². The van der Waals surface area contributed by atoms with E-state index in [-0.39, 0.29) is 16.8 Å². The number of nitrogens with zero attached hydrogens (tertiary/aromatic N) is 1. The van der Waals surface area contributed by atoms with Crippen LogP contribution in [0.5, 0.6) is 5.75 Å². The van der Waals surface area contributed by atoms with E-state index in [0.29, 0.717) is 25.1 Å². The Balaban J connectivity index is 1.53. The minimum absolute atomic E-state index is 0.0777. The van der Waals surface area contributed by atoms with Crippen molar-refractivity contribution in [2.24, 2.45) is 0 Å². The normalized spacial score (nSPS) is 22.1. The highest BCUT2D eigenvalue weighted by atomic mass is 32.2. The molecule has 0 radical (unpaired) electrons. The van der Waals surface area contributed by atoms with Gasteiger partial charge in [0.05, 0.1) is 18.0 Å². The van der Waals surface area contributed by atoms with Gasteiger partial charge in [0.15, 0.2) is 0 Å². The van der Waals surface area contributed by atoms with Gasteiger partial charge in [-0.25, -0.2) is 8.42 Å². The molecule has 8 heteroatoms. The molecule has 0 aliphatic carbocycles. The second kappa shape index (κ2) is 8.38. The van der Waals surface area contributed by atoms with E-state index in [9.17, 15) is 13.2 Å². The largest absolute Gasteiger partial charge is 0.497 e. The smallest absolute Gasteiger partial charge is 0.243 e. The third-order valence-corrected chi connectivity index (χ3v) is 8.49. The Kier molecular flexibility index (Phi) is 5.85. The summed E-state index contributed by atoms with van der Waals surface area (Å²) < 4.78 is 32.7. The zero-order valence-electron chi connectivity index (χ0n) is 16.2. The van der Waals surface area contributed by atoms with Gasteiger partial charge in [0.1, 0.15) is 11.8 Å². The second-order valence-electron chi connectivity index (χ2n) is 7.19. The van der Waals surface area contributed by atoms with Gasteiger partial charge in [-0.1, -0.05) is 18.2 Å². The SMILES string of the molecule is COc1ccc(S(=O)(=O)N2CCC[C@H]2C(=O)N[C@@H]2CCSc3ccccc32)cc1. The number of thioether (sulfide) groups is 1. The molecule has 2 aliphatic heterocycles. The number of carbonyl (C=O) groups excluding carboxylic acids is 1. The lowest BCUT2D eigenvalue weighted by molar-refractivity contribution is -0.125. The van der Waals surface area contributed by atoms with Crippen molar-refractivity contribution in [3.8, 4) is 5.75 Å². The summed E-state index contributed by atoms with van der Waals surface area (Å²) in [6.45, 7) is 0.351. The van der Waals surface area contributed by atoms with Crippen LogP contribution >= 0.6 is 11.8 Å². The fraction of sp³-hybridized carbons (Fsp3) is 0.381. The summed E-state index contributed by atoms with van der Waals surface area (Å²) in [6.07, 6.45) is 2.04. The summed E-state index contributed by atoms with van der Waals surface area (Å²) in [7, 11) is -2.21. The first kappa shape index (κ1) is 20.3. The van der Waals surface area contributed by atoms with E-state index in [1.807, 2.05) is 18.2 Å². The number of hydrogen-bond donors (Lipinski definition) is 1. The molecule has 0 unspecified atom stereocenters. The van der Waals surface area contributed by atoms with E-state index in [4.69, 9.17) is 4.74 Å². The van der Waals surface area contributed by atoms with Crippen molar-refractivity contribution in [1.82, 2.24) is 9.62 Å². The summed E-state index contributed by atoms with van der Waals surface area (Å²) in [6, 6.07) is 13.6. The van der Waals surface area contributed by atoms with E-state index in [1.165, 1.54) is 28.4 Å². The summed E-state index contributed by atoms with van der Waals surface area (Å²) in [5.41, 5.74) is 1.11. The van der Waals surface area contributed by atoms with Crippen LogP contribution in [0.4, 0.5) is 0 Å². The van der Waals surface area contributed by atoms with Crippen LogP contribution in [-0.4, -0.2) is 44.1 Å². The van der Waals surface area contributed by atoms with Crippen LogP contribution in [-0.2, 0) is 14.8 Å². The molecule has 1 fully saturated rings. The topological polar surface area (TPSA) is 75.7 Å². The summed E-state index contributed by atoms with van der Waals surface area (Å²) in [5, 5.41) is 3.11. The van der Waals surface area contributed by atoms with Gasteiger partial charge in [0.2, 0.25) is 15.9 Å². The van der Waals surface area contributed by atoms with Crippen LogP contribution in [0.25, 0.3) is 0 Å². The standard InChI is InChI=1S/C21H24N2O4S2/c1-27-15-8-10-16(11-9-15)29(25,26)23-13-4-6-19(23)21(24)22-18-12-14-28-20-7-3-2-5-17(18)20/h2-3,5,7-11,18-19H,4,6,12-14H2,1H3,(H,22,24)/t18-,19+/m1/s1. The molecule has 0 aromatic heterocycles. The fourth-order valence-electron chi connectivity index (χ4n) is 3.93. The number of rotatable bonds is 5. The molecular weight excluding hydrogens is 408 g/mol. The maximum absolute atomic E-state index is 13.1. The number of carbonyl (C=O) groups is 1. The summed E-state index contributed by atoms with van der Waals surface area (Å²) >= 11 is 1.79. The first-order valence-corrected chi connectivity index (χ1v) is 12.1. The van der Waals surface area contributed by atoms with Gasteiger partial charge >= 0.3 is 0 Å². The quantitative estimate of drug-likeness (QED) is 0.785. The molecule has 1 amide bonds. The average molecular weight is 433 g/mol. The highest BCUT2D eigenvalue weighted by Crippen LogP contribution is 2.36. The molecule has 1 saturated heterocycles. The maximum Gasteiger partial charge on any atom is 0.243 e. The Morgan fingerprint density at radius 1 is 1.14 bits per heavy atom. The van der Waals surface area contributed by atoms with Gasteiger partial charge in [-0.2, -0.15) is 4.31 Å². The van der Waals surface area contributed by atoms with Crippen LogP contribution in [0, 0.1) is 0 Å². The molecule has 0 saturated carbocycles. The molecule has 29 heavy (non-hydrogen) atoms. The van der Waals surface area contributed by atoms with Gasteiger partial charge in [-0.3, -0.25) is 4.79 Å². The highest BCUT2D eigenvalue weighted by molar-refractivity contribution is 7.99. The van der Waals surface area contributed by atoms with Crippen molar-refractivity contribution in [1.29, 1.82) is 0 Å². The number of ether oxygens (including phenoxy) is 1. The van der Waals surface area contributed by atoms with Gasteiger partial charge in [-0.05, 0) is 55.2 Å². The molecule has 2 aromatic carbocycles. The molecular formula is C21H24N2O4S2. The molecule has 1 N–H and O–H groups in total. The molecule has 6 nitrogen and oxygen atoms in total. The predicted octanol–water partition coefficient (Wildman–Crippen LogP) is 3.20. The van der Waals surface area contributed by atoms with E-state index in [0.717, 1.165) is 17.7 Å². The summed E-state index contributed by atoms with van der Waals surface area (Å²) in [5.74, 6) is 1.31. The number of sulfonamides is 1. The minimum Gasteiger partial charge on any atom is -0.497 e. The van der Waals surface area contributed by atoms with Crippen molar-refractivity contribution < 1.29 is 17.9 Å². The zero-order valence-corrected chi connectivity index (χ0v) is 17.8. The van der Waals surface area contributed by atoms with Crippen molar-refractivity contribution in [3.05, 3.63) is 54.1 Å². The Morgan fingerprint density at radius 2 is 1.90 bits per heavy atom. The van der Waals surface area contributed by atoms with Gasteiger partial charge in [-0.15, -0.1) is 11.8 Å². The van der Waals surface area contributed by atoms with E-state index in [1.54, 1.807) is 23.9 Å². The number of benzene rings is 2. The molecule has 2 aliphatic rings. The molecule has 2 aromatic rings. The molecule has 0 bridgehead atoms. The van der Waals surface area contributed by atoms with Crippen LogP contribution in [0.3, 0.4) is 0 Å². The van der Waals surface area contributed by atoms with Gasteiger partial charge < -0.3 is 10.1 Å². The van der Waals surface area contributed by atoms with Crippen molar-refractivity contribution in [3.63, 3.8) is 0 Å². The molecule has 0 spiro atoms. The lowest BCUT2D eigenvalue weighted by Gasteiger charge is -2.29. The average Bonchev–Trinajstić information content (AvgIpc) is 3.25. The molecule has 154 valence electrons. The molecule has 2 atom stereocenters. The predicted molar refractivity (Wildman–Crippen MR) is 113 cm³/mol. The number of fused-ring (bicyclic) bond motifs is 1. The minimum atomic E-state index is -3.75. The fourth-order valence-corrected chi connectivity index (χ4v) is 6.71. The highest BCUT2D eigenvalue weighted by Gasteiger charge is 2.40. The number of nitrogens with one attached hydrogen (secondary N) is 1. The first-order valence-electron chi connectivity index (χ1n) is 9.68. The van der Waals surface area contributed by atoms with Crippen LogP contribution in [0.2, 0.25) is 0 Å². The van der Waals surface area contributed by atoms with E-state index in [2.05, 4.69) is 11.4 Å². The maximum atomic E-state index is 13.1.